The zero-order valence-electron chi connectivity index (χ0n) is 7.66. The van der Waals surface area contributed by atoms with Crippen LogP contribution in [-0.2, 0) is 0 Å². The third kappa shape index (κ3) is 3.97. The summed E-state index contributed by atoms with van der Waals surface area (Å²) in [6, 6.07) is 5.53. The van der Waals surface area contributed by atoms with E-state index < -0.39 is 11.6 Å². The molecular formula is C10H9F3OS. The number of halogens is 3. The van der Waals surface area contributed by atoms with Gasteiger partial charge in [-0.3, -0.25) is 0 Å². The maximum atomic E-state index is 12.0. The van der Waals surface area contributed by atoms with E-state index in [1.807, 2.05) is 0 Å². The van der Waals surface area contributed by atoms with Crippen molar-refractivity contribution in [2.24, 2.45) is 0 Å². The van der Waals surface area contributed by atoms with E-state index in [9.17, 15) is 18.3 Å². The summed E-state index contributed by atoms with van der Waals surface area (Å²) in [4.78, 5) is 0.0995. The molecule has 0 aromatic heterocycles. The summed E-state index contributed by atoms with van der Waals surface area (Å²) in [5.41, 5.74) is -3.75. The molecule has 82 valence electrons. The molecule has 0 spiro atoms. The van der Waals surface area contributed by atoms with Crippen molar-refractivity contribution in [1.82, 2.24) is 0 Å². The van der Waals surface area contributed by atoms with Crippen molar-refractivity contribution in [1.29, 1.82) is 0 Å². The van der Waals surface area contributed by atoms with E-state index in [1.165, 1.54) is 30.3 Å². The molecule has 15 heavy (non-hydrogen) atoms. The summed E-state index contributed by atoms with van der Waals surface area (Å²) in [5, 5.41) is 9.31. The van der Waals surface area contributed by atoms with E-state index >= 15 is 0 Å². The predicted octanol–water partition coefficient (Wildman–Crippen LogP) is 3.52. The van der Waals surface area contributed by atoms with Crippen LogP contribution in [0.4, 0.5) is 13.2 Å². The Morgan fingerprint density at radius 1 is 1.27 bits per heavy atom. The number of alkyl halides is 3. The Morgan fingerprint density at radius 3 is 2.20 bits per heavy atom. The van der Waals surface area contributed by atoms with Crippen molar-refractivity contribution in [3.63, 3.8) is 0 Å². The first-order chi connectivity index (χ1) is 6.92. The van der Waals surface area contributed by atoms with E-state index in [0.29, 0.717) is 5.56 Å². The van der Waals surface area contributed by atoms with Crippen LogP contribution in [0.3, 0.4) is 0 Å². The first-order valence-electron chi connectivity index (χ1n) is 4.09. The molecule has 0 saturated heterocycles. The molecule has 1 rings (SSSR count). The van der Waals surface area contributed by atoms with E-state index in [2.05, 4.69) is 6.58 Å². The second-order valence-electron chi connectivity index (χ2n) is 2.80. The van der Waals surface area contributed by atoms with Gasteiger partial charge in [-0.2, -0.15) is 13.2 Å². The van der Waals surface area contributed by atoms with Gasteiger partial charge in [-0.15, -0.1) is 6.58 Å². The molecule has 1 atom stereocenters. The average Bonchev–Trinajstić information content (AvgIpc) is 2.15. The van der Waals surface area contributed by atoms with Gasteiger partial charge in [0.1, 0.15) is 0 Å². The van der Waals surface area contributed by atoms with Gasteiger partial charge in [-0.25, -0.2) is 0 Å². The van der Waals surface area contributed by atoms with Crippen molar-refractivity contribution >= 4 is 11.8 Å². The monoisotopic (exact) mass is 234 g/mol. The highest BCUT2D eigenvalue weighted by Crippen LogP contribution is 2.36. The molecule has 0 heterocycles. The highest BCUT2D eigenvalue weighted by molar-refractivity contribution is 8.00. The highest BCUT2D eigenvalue weighted by Gasteiger charge is 2.29. The molecule has 0 saturated carbocycles. The van der Waals surface area contributed by atoms with Gasteiger partial charge in [-0.05, 0) is 29.5 Å². The van der Waals surface area contributed by atoms with E-state index in [-0.39, 0.29) is 16.7 Å². The lowest BCUT2D eigenvalue weighted by atomic mass is 10.1. The number of thioether (sulfide) groups is 1. The lowest BCUT2D eigenvalue weighted by Gasteiger charge is -2.08. The molecule has 1 aromatic carbocycles. The molecule has 0 aliphatic heterocycles. The van der Waals surface area contributed by atoms with Gasteiger partial charge >= 0.3 is 5.51 Å². The summed E-state index contributed by atoms with van der Waals surface area (Å²) >= 11 is -0.179. The fourth-order valence-electron chi connectivity index (χ4n) is 1.00. The molecule has 1 N–H and O–H groups in total. The SMILES string of the molecule is C=CC(O)c1ccc(SC(F)(F)F)cc1. The standard InChI is InChI=1S/C10H9F3OS/c1-2-9(14)7-3-5-8(6-4-7)15-10(11,12)13/h2-6,9,14H,1H2. The highest BCUT2D eigenvalue weighted by atomic mass is 32.2. The van der Waals surface area contributed by atoms with Gasteiger partial charge in [0.15, 0.2) is 0 Å². The van der Waals surface area contributed by atoms with Crippen LogP contribution in [0.1, 0.15) is 11.7 Å². The normalized spacial score (nSPS) is 13.6. The van der Waals surface area contributed by atoms with E-state index in [1.54, 1.807) is 0 Å². The molecule has 1 aromatic rings. The third-order valence-corrected chi connectivity index (χ3v) is 2.42. The Hall–Kier alpha value is -0.940. The van der Waals surface area contributed by atoms with Crippen molar-refractivity contribution in [2.45, 2.75) is 16.5 Å². The fourth-order valence-corrected chi connectivity index (χ4v) is 1.54. The topological polar surface area (TPSA) is 20.2 Å². The minimum Gasteiger partial charge on any atom is -0.384 e. The molecule has 1 nitrogen and oxygen atoms in total. The molecule has 1 unspecified atom stereocenters. The first-order valence-corrected chi connectivity index (χ1v) is 4.90. The Morgan fingerprint density at radius 2 is 1.80 bits per heavy atom. The minimum atomic E-state index is -4.28. The molecular weight excluding hydrogens is 225 g/mol. The van der Waals surface area contributed by atoms with Crippen LogP contribution in [0.5, 0.6) is 0 Å². The Kier molecular flexibility index (Phi) is 3.82. The molecule has 0 bridgehead atoms. The number of benzene rings is 1. The van der Waals surface area contributed by atoms with Crippen LogP contribution in [0, 0.1) is 0 Å². The van der Waals surface area contributed by atoms with Gasteiger partial charge in [-0.1, -0.05) is 18.2 Å². The third-order valence-electron chi connectivity index (χ3n) is 1.68. The summed E-state index contributed by atoms with van der Waals surface area (Å²) in [7, 11) is 0. The van der Waals surface area contributed by atoms with Crippen LogP contribution in [-0.4, -0.2) is 10.6 Å². The van der Waals surface area contributed by atoms with Crippen LogP contribution in [0.15, 0.2) is 41.8 Å². The largest absolute Gasteiger partial charge is 0.446 e. The minimum absolute atomic E-state index is 0.0995. The Labute approximate surface area is 89.6 Å². The predicted molar refractivity (Wildman–Crippen MR) is 53.5 cm³/mol. The smallest absolute Gasteiger partial charge is 0.384 e. The Bertz CT molecular complexity index is 332. The number of rotatable bonds is 3. The maximum absolute atomic E-state index is 12.0. The summed E-state index contributed by atoms with van der Waals surface area (Å²) in [5.74, 6) is 0. The molecule has 5 heteroatoms. The Balaban J connectivity index is 2.77. The molecule has 0 fully saturated rings. The van der Waals surface area contributed by atoms with Crippen LogP contribution in [0.25, 0.3) is 0 Å². The van der Waals surface area contributed by atoms with E-state index in [0.717, 1.165) is 0 Å². The van der Waals surface area contributed by atoms with Gasteiger partial charge in [0.05, 0.1) is 6.10 Å². The molecule has 0 aliphatic carbocycles. The maximum Gasteiger partial charge on any atom is 0.446 e. The number of aliphatic hydroxyl groups is 1. The summed E-state index contributed by atoms with van der Waals surface area (Å²) in [6.07, 6.45) is 0.473. The van der Waals surface area contributed by atoms with Crippen LogP contribution < -0.4 is 0 Å². The quantitative estimate of drug-likeness (QED) is 0.638. The van der Waals surface area contributed by atoms with Crippen LogP contribution in [0.2, 0.25) is 0 Å². The van der Waals surface area contributed by atoms with Crippen molar-refractivity contribution in [3.05, 3.63) is 42.5 Å². The van der Waals surface area contributed by atoms with Crippen molar-refractivity contribution in [3.8, 4) is 0 Å². The van der Waals surface area contributed by atoms with Gasteiger partial charge < -0.3 is 5.11 Å². The van der Waals surface area contributed by atoms with Crippen molar-refractivity contribution in [2.75, 3.05) is 0 Å². The molecule has 0 aliphatic rings. The zero-order valence-corrected chi connectivity index (χ0v) is 8.48. The second kappa shape index (κ2) is 4.72. The molecule has 0 amide bonds. The van der Waals surface area contributed by atoms with Gasteiger partial charge in [0, 0.05) is 4.90 Å². The van der Waals surface area contributed by atoms with Gasteiger partial charge in [0.25, 0.3) is 0 Å². The lowest BCUT2D eigenvalue weighted by Crippen LogP contribution is -1.99. The second-order valence-corrected chi connectivity index (χ2v) is 3.94. The number of hydrogen-bond donors (Lipinski definition) is 1. The fraction of sp³-hybridized carbons (Fsp3) is 0.200. The molecule has 0 radical (unpaired) electrons. The van der Waals surface area contributed by atoms with Crippen molar-refractivity contribution < 1.29 is 18.3 Å². The summed E-state index contributed by atoms with van der Waals surface area (Å²) < 4.78 is 35.9. The lowest BCUT2D eigenvalue weighted by molar-refractivity contribution is -0.0328. The van der Waals surface area contributed by atoms with E-state index in [4.69, 9.17) is 0 Å². The number of hydrogen-bond acceptors (Lipinski definition) is 2. The zero-order chi connectivity index (χ0) is 11.5. The first kappa shape index (κ1) is 12.1. The van der Waals surface area contributed by atoms with Crippen LogP contribution >= 0.6 is 11.8 Å². The summed E-state index contributed by atoms with van der Waals surface area (Å²) in [6.45, 7) is 3.38. The number of aliphatic hydroxyl groups excluding tert-OH is 1. The van der Waals surface area contributed by atoms with Gasteiger partial charge in [0.2, 0.25) is 0 Å². The average molecular weight is 234 g/mol.